The van der Waals surface area contributed by atoms with Crippen LogP contribution in [0.5, 0.6) is 0 Å². The van der Waals surface area contributed by atoms with Crippen LogP contribution in [0.1, 0.15) is 31.4 Å². The molecule has 0 saturated carbocycles. The summed E-state index contributed by atoms with van der Waals surface area (Å²) < 4.78 is 0. The van der Waals surface area contributed by atoms with Crippen LogP contribution in [0, 0.1) is 5.92 Å². The number of hydrogen-bond acceptors (Lipinski definition) is 4. The molecule has 2 atom stereocenters. The minimum atomic E-state index is -1.68. The van der Waals surface area contributed by atoms with E-state index < -0.39 is 25.0 Å². The molecule has 0 bridgehead atoms. The molecule has 31 heavy (non-hydrogen) atoms. The number of carbonyl (C=O) groups excluding carboxylic acids is 2. The van der Waals surface area contributed by atoms with E-state index in [0.717, 1.165) is 11.1 Å². The Labute approximate surface area is 184 Å². The summed E-state index contributed by atoms with van der Waals surface area (Å²) in [6.07, 6.45) is 0.691. The number of carbonyl (C=O) groups is 2. The molecule has 2 aromatic carbocycles. The van der Waals surface area contributed by atoms with E-state index in [2.05, 4.69) is 10.6 Å². The first-order chi connectivity index (χ1) is 14.8. The molecule has 0 aliphatic rings. The first-order valence-corrected chi connectivity index (χ1v) is 10.5. The molecule has 0 radical (unpaired) electrons. The van der Waals surface area contributed by atoms with Gasteiger partial charge in [-0.2, -0.15) is 0 Å². The van der Waals surface area contributed by atoms with E-state index in [-0.39, 0.29) is 18.4 Å². The van der Waals surface area contributed by atoms with E-state index in [1.54, 1.807) is 7.05 Å². The van der Waals surface area contributed by atoms with Crippen LogP contribution in [0.4, 0.5) is 4.79 Å². The van der Waals surface area contributed by atoms with Gasteiger partial charge in [0.25, 0.3) is 0 Å². The Bertz CT molecular complexity index is 818. The summed E-state index contributed by atoms with van der Waals surface area (Å²) >= 11 is 0. The SMILES string of the molecule is CC(C)CC(NC(=O)C(Cc1ccccc1)NC(=O)N(C)Cc1ccccc1)B(O)O. The number of amides is 3. The van der Waals surface area contributed by atoms with Crippen molar-refractivity contribution in [3.05, 3.63) is 71.8 Å². The molecule has 2 aromatic rings. The maximum Gasteiger partial charge on any atom is 0.475 e. The Morgan fingerprint density at radius 1 is 0.935 bits per heavy atom. The van der Waals surface area contributed by atoms with Crippen LogP contribution in [0.3, 0.4) is 0 Å². The summed E-state index contributed by atoms with van der Waals surface area (Å²) in [4.78, 5) is 27.3. The number of rotatable bonds is 10. The maximum absolute atomic E-state index is 13.0. The molecular weight excluding hydrogens is 393 g/mol. The van der Waals surface area contributed by atoms with Gasteiger partial charge in [0, 0.05) is 20.0 Å². The quantitative estimate of drug-likeness (QED) is 0.437. The molecule has 0 aliphatic carbocycles. The van der Waals surface area contributed by atoms with Gasteiger partial charge < -0.3 is 25.6 Å². The van der Waals surface area contributed by atoms with E-state index in [1.165, 1.54) is 4.90 Å². The first kappa shape index (κ1) is 24.4. The van der Waals surface area contributed by atoms with E-state index in [4.69, 9.17) is 0 Å². The van der Waals surface area contributed by atoms with Crippen molar-refractivity contribution in [2.75, 3.05) is 7.05 Å². The van der Waals surface area contributed by atoms with E-state index in [9.17, 15) is 19.6 Å². The fraction of sp³-hybridized carbons (Fsp3) is 0.391. The van der Waals surface area contributed by atoms with Crippen molar-refractivity contribution >= 4 is 19.1 Å². The van der Waals surface area contributed by atoms with Crippen molar-refractivity contribution < 1.29 is 19.6 Å². The molecule has 7 nitrogen and oxygen atoms in total. The van der Waals surface area contributed by atoms with Crippen LogP contribution in [-0.2, 0) is 17.8 Å². The van der Waals surface area contributed by atoms with Gasteiger partial charge in [-0.3, -0.25) is 4.79 Å². The Morgan fingerprint density at radius 3 is 2.00 bits per heavy atom. The monoisotopic (exact) mass is 425 g/mol. The van der Waals surface area contributed by atoms with Gasteiger partial charge in [0.2, 0.25) is 5.91 Å². The molecule has 0 fully saturated rings. The zero-order chi connectivity index (χ0) is 22.8. The van der Waals surface area contributed by atoms with Gasteiger partial charge in [-0.25, -0.2) is 4.79 Å². The van der Waals surface area contributed by atoms with Crippen LogP contribution in [-0.4, -0.2) is 53.0 Å². The molecule has 166 valence electrons. The lowest BCUT2D eigenvalue weighted by molar-refractivity contribution is -0.123. The van der Waals surface area contributed by atoms with Crippen molar-refractivity contribution in [3.8, 4) is 0 Å². The number of nitrogens with zero attached hydrogens (tertiary/aromatic N) is 1. The van der Waals surface area contributed by atoms with Crippen LogP contribution >= 0.6 is 0 Å². The zero-order valence-electron chi connectivity index (χ0n) is 18.4. The highest BCUT2D eigenvalue weighted by Crippen LogP contribution is 2.09. The highest BCUT2D eigenvalue weighted by Gasteiger charge is 2.30. The fourth-order valence-corrected chi connectivity index (χ4v) is 3.29. The van der Waals surface area contributed by atoms with Crippen LogP contribution < -0.4 is 10.6 Å². The number of urea groups is 1. The topological polar surface area (TPSA) is 102 Å². The molecule has 3 amide bonds. The van der Waals surface area contributed by atoms with E-state index in [0.29, 0.717) is 13.0 Å². The van der Waals surface area contributed by atoms with Crippen LogP contribution in [0.2, 0.25) is 0 Å². The number of nitrogens with one attached hydrogen (secondary N) is 2. The van der Waals surface area contributed by atoms with Gasteiger partial charge in [0.05, 0.1) is 5.94 Å². The standard InChI is InChI=1S/C23H32BN3O4/c1-17(2)14-21(24(30)31)26-22(28)20(15-18-10-6-4-7-11-18)25-23(29)27(3)16-19-12-8-5-9-13-19/h4-13,17,20-21,30-31H,14-16H2,1-3H3,(H,25,29)(H,26,28). The fourth-order valence-electron chi connectivity index (χ4n) is 3.29. The van der Waals surface area contributed by atoms with Crippen molar-refractivity contribution in [2.24, 2.45) is 5.92 Å². The third-order valence-electron chi connectivity index (χ3n) is 4.92. The lowest BCUT2D eigenvalue weighted by atomic mass is 9.75. The molecule has 0 aromatic heterocycles. The molecule has 0 spiro atoms. The summed E-state index contributed by atoms with van der Waals surface area (Å²) in [5.41, 5.74) is 1.86. The third-order valence-corrected chi connectivity index (χ3v) is 4.92. The Hall–Kier alpha value is -2.84. The average Bonchev–Trinajstić information content (AvgIpc) is 2.73. The lowest BCUT2D eigenvalue weighted by Crippen LogP contribution is -2.56. The molecule has 0 heterocycles. The molecule has 4 N–H and O–H groups in total. The molecule has 2 rings (SSSR count). The number of benzene rings is 2. The molecule has 0 saturated heterocycles. The summed E-state index contributed by atoms with van der Waals surface area (Å²) in [7, 11) is -0.0149. The second-order valence-corrected chi connectivity index (χ2v) is 8.19. The van der Waals surface area contributed by atoms with E-state index in [1.807, 2.05) is 74.5 Å². The largest absolute Gasteiger partial charge is 0.475 e. The minimum Gasteiger partial charge on any atom is -0.426 e. The minimum absolute atomic E-state index is 0.159. The van der Waals surface area contributed by atoms with Crippen LogP contribution in [0.25, 0.3) is 0 Å². The summed E-state index contributed by atoms with van der Waals surface area (Å²) in [5, 5.41) is 24.8. The van der Waals surface area contributed by atoms with Gasteiger partial charge in [0.1, 0.15) is 6.04 Å². The van der Waals surface area contributed by atoms with Crippen molar-refractivity contribution in [1.82, 2.24) is 15.5 Å². The van der Waals surface area contributed by atoms with Crippen molar-refractivity contribution in [1.29, 1.82) is 0 Å². The molecule has 2 unspecified atom stereocenters. The van der Waals surface area contributed by atoms with Crippen molar-refractivity contribution in [2.45, 2.75) is 45.2 Å². The average molecular weight is 425 g/mol. The van der Waals surface area contributed by atoms with Gasteiger partial charge in [-0.15, -0.1) is 0 Å². The van der Waals surface area contributed by atoms with Gasteiger partial charge in [-0.05, 0) is 23.5 Å². The molecular formula is C23H32BN3O4. The Kier molecular flexibility index (Phi) is 9.56. The van der Waals surface area contributed by atoms with Gasteiger partial charge in [0.15, 0.2) is 0 Å². The number of hydrogen-bond donors (Lipinski definition) is 4. The Balaban J connectivity index is 2.11. The van der Waals surface area contributed by atoms with Gasteiger partial charge in [-0.1, -0.05) is 74.5 Å². The molecule has 8 heteroatoms. The lowest BCUT2D eigenvalue weighted by Gasteiger charge is -2.26. The second-order valence-electron chi connectivity index (χ2n) is 8.19. The summed E-state index contributed by atoms with van der Waals surface area (Å²) in [6, 6.07) is 17.7. The normalized spacial score (nSPS) is 12.7. The highest BCUT2D eigenvalue weighted by atomic mass is 16.4. The Morgan fingerprint density at radius 2 is 1.48 bits per heavy atom. The predicted octanol–water partition coefficient (Wildman–Crippen LogP) is 1.98. The van der Waals surface area contributed by atoms with Crippen molar-refractivity contribution in [3.63, 3.8) is 0 Å². The first-order valence-electron chi connectivity index (χ1n) is 10.5. The van der Waals surface area contributed by atoms with Crippen LogP contribution in [0.15, 0.2) is 60.7 Å². The van der Waals surface area contributed by atoms with Gasteiger partial charge >= 0.3 is 13.1 Å². The smallest absolute Gasteiger partial charge is 0.426 e. The maximum atomic E-state index is 13.0. The van der Waals surface area contributed by atoms with E-state index >= 15 is 0 Å². The third kappa shape index (κ3) is 8.43. The molecule has 0 aliphatic heterocycles. The highest BCUT2D eigenvalue weighted by molar-refractivity contribution is 6.43. The zero-order valence-corrected chi connectivity index (χ0v) is 18.4. The summed E-state index contributed by atoms with van der Waals surface area (Å²) in [5.74, 6) is -1.11. The summed E-state index contributed by atoms with van der Waals surface area (Å²) in [6.45, 7) is 4.27. The predicted molar refractivity (Wildman–Crippen MR) is 122 cm³/mol. The second kappa shape index (κ2) is 12.1.